The number of rotatable bonds is 10. The van der Waals surface area contributed by atoms with Gasteiger partial charge < -0.3 is 9.47 Å². The quantitative estimate of drug-likeness (QED) is 0.206. The average molecular weight is 582 g/mol. The van der Waals surface area contributed by atoms with Crippen LogP contribution in [-0.4, -0.2) is 25.0 Å². The Morgan fingerprint density at radius 1 is 1.09 bits per heavy atom. The molecule has 1 amide bonds. The summed E-state index contributed by atoms with van der Waals surface area (Å²) in [6, 6.07) is 17.2. The van der Waals surface area contributed by atoms with Gasteiger partial charge in [-0.1, -0.05) is 59.1 Å². The molecule has 3 aromatic rings. The van der Waals surface area contributed by atoms with E-state index in [2.05, 4.69) is 57.6 Å². The van der Waals surface area contributed by atoms with Crippen molar-refractivity contribution in [3.05, 3.63) is 91.4 Å². The smallest absolute Gasteiger partial charge is 0.250 e. The predicted molar refractivity (Wildman–Crippen MR) is 145 cm³/mol. The standard InChI is InChI=1S/C25H23BrCl2N2O3S/c1-16-3-5-17(6-4-16)14-34-15-24(31)30-29-12-19-9-20(26)25(23(11-19)32-2)33-13-18-7-8-21(27)22(28)10-18/h3-12H,13-15H2,1-2H3,(H,30,31)/b29-12-. The van der Waals surface area contributed by atoms with Gasteiger partial charge in [0.1, 0.15) is 6.61 Å². The molecule has 0 heterocycles. The minimum atomic E-state index is -0.166. The number of nitrogens with one attached hydrogen (secondary N) is 1. The molecule has 0 saturated carbocycles. The molecule has 0 aliphatic carbocycles. The second-order valence-corrected chi connectivity index (χ2v) is 10.00. The van der Waals surface area contributed by atoms with Gasteiger partial charge in [0.05, 0.1) is 33.6 Å². The fraction of sp³-hybridized carbons (Fsp3) is 0.200. The van der Waals surface area contributed by atoms with E-state index < -0.39 is 0 Å². The molecule has 0 aromatic heterocycles. The maximum Gasteiger partial charge on any atom is 0.250 e. The van der Waals surface area contributed by atoms with Crippen LogP contribution in [0.25, 0.3) is 0 Å². The Morgan fingerprint density at radius 2 is 1.82 bits per heavy atom. The van der Waals surface area contributed by atoms with E-state index in [1.54, 1.807) is 31.5 Å². The lowest BCUT2D eigenvalue weighted by Crippen LogP contribution is -2.19. The van der Waals surface area contributed by atoms with E-state index in [9.17, 15) is 4.79 Å². The third-order valence-corrected chi connectivity index (χ3v) is 6.98. The van der Waals surface area contributed by atoms with E-state index in [1.165, 1.54) is 22.9 Å². The lowest BCUT2D eigenvalue weighted by Gasteiger charge is -2.14. The summed E-state index contributed by atoms with van der Waals surface area (Å²) in [4.78, 5) is 12.1. The summed E-state index contributed by atoms with van der Waals surface area (Å²) in [5, 5.41) is 5.01. The molecule has 5 nitrogen and oxygen atoms in total. The van der Waals surface area contributed by atoms with Gasteiger partial charge in [-0.05, 0) is 63.8 Å². The molecule has 178 valence electrons. The first kappa shape index (κ1) is 26.4. The van der Waals surface area contributed by atoms with Crippen molar-refractivity contribution in [3.8, 4) is 11.5 Å². The van der Waals surface area contributed by atoms with Crippen molar-refractivity contribution in [1.29, 1.82) is 0 Å². The Labute approximate surface area is 222 Å². The normalized spacial score (nSPS) is 11.0. The highest BCUT2D eigenvalue weighted by Gasteiger charge is 2.12. The summed E-state index contributed by atoms with van der Waals surface area (Å²) in [5.41, 5.74) is 6.56. The summed E-state index contributed by atoms with van der Waals surface area (Å²) in [5.74, 6) is 1.99. The maximum absolute atomic E-state index is 12.1. The highest BCUT2D eigenvalue weighted by Crippen LogP contribution is 2.37. The lowest BCUT2D eigenvalue weighted by atomic mass is 10.2. The number of ether oxygens (including phenoxy) is 2. The molecule has 0 saturated heterocycles. The topological polar surface area (TPSA) is 59.9 Å². The van der Waals surface area contributed by atoms with Crippen molar-refractivity contribution >= 4 is 63.0 Å². The fourth-order valence-corrected chi connectivity index (χ4v) is 4.57. The molecule has 3 aromatic carbocycles. The summed E-state index contributed by atoms with van der Waals surface area (Å²) < 4.78 is 12.1. The molecular weight excluding hydrogens is 559 g/mol. The molecule has 0 bridgehead atoms. The number of halogens is 3. The van der Waals surface area contributed by atoms with Crippen molar-refractivity contribution in [2.75, 3.05) is 12.9 Å². The van der Waals surface area contributed by atoms with Crippen LogP contribution in [0.15, 0.2) is 64.2 Å². The molecule has 0 unspecified atom stereocenters. The molecule has 0 aliphatic heterocycles. The second kappa shape index (κ2) is 13.0. The number of methoxy groups -OCH3 is 1. The Morgan fingerprint density at radius 3 is 2.53 bits per heavy atom. The third kappa shape index (κ3) is 7.94. The maximum atomic E-state index is 12.1. The van der Waals surface area contributed by atoms with Gasteiger partial charge in [0, 0.05) is 5.75 Å². The van der Waals surface area contributed by atoms with E-state index in [0.717, 1.165) is 16.9 Å². The monoisotopic (exact) mass is 580 g/mol. The molecule has 9 heteroatoms. The number of aryl methyl sites for hydroxylation is 1. The number of hydrogen-bond acceptors (Lipinski definition) is 5. The Balaban J connectivity index is 1.53. The van der Waals surface area contributed by atoms with Crippen molar-refractivity contribution < 1.29 is 14.3 Å². The molecule has 0 aliphatic rings. The first-order valence-corrected chi connectivity index (χ1v) is 13.0. The van der Waals surface area contributed by atoms with E-state index >= 15 is 0 Å². The molecule has 0 atom stereocenters. The van der Waals surface area contributed by atoms with Crippen LogP contribution in [0.2, 0.25) is 10.0 Å². The largest absolute Gasteiger partial charge is 0.493 e. The summed E-state index contributed by atoms with van der Waals surface area (Å²) in [6.45, 7) is 2.34. The van der Waals surface area contributed by atoms with Gasteiger partial charge in [-0.25, -0.2) is 5.43 Å². The zero-order valence-corrected chi connectivity index (χ0v) is 22.5. The van der Waals surface area contributed by atoms with Gasteiger partial charge in [-0.3, -0.25) is 4.79 Å². The average Bonchev–Trinajstić information content (AvgIpc) is 2.81. The molecule has 1 N–H and O–H groups in total. The zero-order chi connectivity index (χ0) is 24.5. The highest BCUT2D eigenvalue weighted by atomic mass is 79.9. The summed E-state index contributed by atoms with van der Waals surface area (Å²) in [7, 11) is 1.56. The van der Waals surface area contributed by atoms with Crippen LogP contribution >= 0.6 is 50.9 Å². The van der Waals surface area contributed by atoms with E-state index in [4.69, 9.17) is 32.7 Å². The molecule has 0 spiro atoms. The molecule has 3 rings (SSSR count). The number of thioether (sulfide) groups is 1. The Hall–Kier alpha value is -2.19. The van der Waals surface area contributed by atoms with Crippen LogP contribution < -0.4 is 14.9 Å². The Bertz CT molecular complexity index is 1170. The van der Waals surface area contributed by atoms with Crippen LogP contribution in [0.5, 0.6) is 11.5 Å². The lowest BCUT2D eigenvalue weighted by molar-refractivity contribution is -0.118. The number of benzene rings is 3. The Kier molecular flexibility index (Phi) is 10.1. The number of amides is 1. The molecule has 0 radical (unpaired) electrons. The van der Waals surface area contributed by atoms with E-state index in [0.29, 0.717) is 31.8 Å². The van der Waals surface area contributed by atoms with E-state index in [-0.39, 0.29) is 12.5 Å². The second-order valence-electron chi connectivity index (χ2n) is 7.34. The van der Waals surface area contributed by atoms with Gasteiger partial charge >= 0.3 is 0 Å². The van der Waals surface area contributed by atoms with E-state index in [1.807, 2.05) is 12.1 Å². The minimum Gasteiger partial charge on any atom is -0.493 e. The number of carbonyl (C=O) groups is 1. The van der Waals surface area contributed by atoms with Crippen LogP contribution in [0.3, 0.4) is 0 Å². The molecule has 34 heavy (non-hydrogen) atoms. The van der Waals surface area contributed by atoms with Crippen LogP contribution in [0.1, 0.15) is 22.3 Å². The summed E-state index contributed by atoms with van der Waals surface area (Å²) in [6.07, 6.45) is 1.55. The minimum absolute atomic E-state index is 0.166. The van der Waals surface area contributed by atoms with Gasteiger partial charge in [0.15, 0.2) is 11.5 Å². The number of nitrogens with zero attached hydrogens (tertiary/aromatic N) is 1. The first-order chi connectivity index (χ1) is 16.4. The number of hydrazone groups is 1. The number of carbonyl (C=O) groups excluding carboxylic acids is 1. The van der Waals surface area contributed by atoms with Crippen LogP contribution in [0.4, 0.5) is 0 Å². The predicted octanol–water partition coefficient (Wildman–Crippen LogP) is 7.04. The van der Waals surface area contributed by atoms with Crippen LogP contribution in [-0.2, 0) is 17.2 Å². The zero-order valence-electron chi connectivity index (χ0n) is 18.6. The number of hydrogen-bond donors (Lipinski definition) is 1. The van der Waals surface area contributed by atoms with Crippen molar-refractivity contribution in [3.63, 3.8) is 0 Å². The van der Waals surface area contributed by atoms with Crippen LogP contribution in [0, 0.1) is 6.92 Å². The van der Waals surface area contributed by atoms with Crippen molar-refractivity contribution in [2.24, 2.45) is 5.10 Å². The summed E-state index contributed by atoms with van der Waals surface area (Å²) >= 11 is 17.1. The fourth-order valence-electron chi connectivity index (χ4n) is 2.90. The van der Waals surface area contributed by atoms with Crippen molar-refractivity contribution in [2.45, 2.75) is 19.3 Å². The van der Waals surface area contributed by atoms with Gasteiger partial charge in [-0.2, -0.15) is 5.10 Å². The molecular formula is C25H23BrCl2N2O3S. The first-order valence-electron chi connectivity index (χ1n) is 10.2. The molecule has 0 fully saturated rings. The van der Waals surface area contributed by atoms with Gasteiger partial charge in [-0.15, -0.1) is 11.8 Å². The van der Waals surface area contributed by atoms with Crippen molar-refractivity contribution in [1.82, 2.24) is 5.43 Å². The third-order valence-electron chi connectivity index (χ3n) is 4.64. The SMILES string of the molecule is COc1cc(/C=N\NC(=O)CSCc2ccc(C)cc2)cc(Br)c1OCc1ccc(Cl)c(Cl)c1. The van der Waals surface area contributed by atoms with Gasteiger partial charge in [0.2, 0.25) is 5.91 Å². The van der Waals surface area contributed by atoms with Gasteiger partial charge in [0.25, 0.3) is 0 Å². The highest BCUT2D eigenvalue weighted by molar-refractivity contribution is 9.10.